The van der Waals surface area contributed by atoms with Gasteiger partial charge in [0.1, 0.15) is 5.78 Å². The number of epoxide rings is 1. The van der Waals surface area contributed by atoms with Crippen LogP contribution in [0.15, 0.2) is 12.2 Å². The van der Waals surface area contributed by atoms with Gasteiger partial charge in [0.2, 0.25) is 0 Å². The molecule has 0 aromatic carbocycles. The Hall–Kier alpha value is -0.630. The number of rotatable bonds is 4. The van der Waals surface area contributed by atoms with Gasteiger partial charge in [0, 0.05) is 11.8 Å². The van der Waals surface area contributed by atoms with Crippen LogP contribution in [0.2, 0.25) is 0 Å². The number of ketones is 1. The summed E-state index contributed by atoms with van der Waals surface area (Å²) in [4.78, 5) is 12.8. The lowest BCUT2D eigenvalue weighted by atomic mass is 9.40. The first-order valence-electron chi connectivity index (χ1n) is 13.3. The zero-order valence-corrected chi connectivity index (χ0v) is 21.1. The molecule has 0 radical (unpaired) electrons. The van der Waals surface area contributed by atoms with Gasteiger partial charge in [0.15, 0.2) is 0 Å². The molecule has 1 saturated heterocycles. The molecule has 2 nitrogen and oxygen atoms in total. The van der Waals surface area contributed by atoms with Crippen LogP contribution in [0.25, 0.3) is 0 Å². The van der Waals surface area contributed by atoms with Crippen LogP contribution < -0.4 is 0 Å². The summed E-state index contributed by atoms with van der Waals surface area (Å²) in [6, 6.07) is 0. The first-order valence-corrected chi connectivity index (χ1v) is 13.3. The van der Waals surface area contributed by atoms with Crippen molar-refractivity contribution in [2.45, 2.75) is 117 Å². The van der Waals surface area contributed by atoms with Gasteiger partial charge in [-0.1, -0.05) is 39.8 Å². The third-order valence-electron chi connectivity index (χ3n) is 11.8. The molecule has 5 rings (SSSR count). The van der Waals surface area contributed by atoms with E-state index in [0.717, 1.165) is 49.4 Å². The molecule has 1 aliphatic heterocycles. The summed E-state index contributed by atoms with van der Waals surface area (Å²) in [5, 5.41) is 0. The summed E-state index contributed by atoms with van der Waals surface area (Å²) >= 11 is 0. The van der Waals surface area contributed by atoms with Gasteiger partial charge in [-0.3, -0.25) is 4.79 Å². The highest BCUT2D eigenvalue weighted by Gasteiger charge is 2.64. The highest BCUT2D eigenvalue weighted by molar-refractivity contribution is 5.85. The number of allylic oxidation sites excluding steroid dienone is 1. The third-order valence-corrected chi connectivity index (χ3v) is 11.8. The van der Waals surface area contributed by atoms with E-state index in [9.17, 15) is 4.79 Å². The number of hydrogen-bond donors (Lipinski definition) is 0. The van der Waals surface area contributed by atoms with E-state index in [-0.39, 0.29) is 11.0 Å². The second-order valence-electron chi connectivity index (χ2n) is 13.7. The van der Waals surface area contributed by atoms with E-state index in [1.54, 1.807) is 0 Å². The van der Waals surface area contributed by atoms with E-state index in [1.807, 2.05) is 0 Å². The van der Waals surface area contributed by atoms with Crippen LogP contribution in [0, 0.1) is 45.8 Å². The lowest BCUT2D eigenvalue weighted by Crippen LogP contribution is -2.59. The number of Topliss-reactive ketones (excluding diaryl/α,β-unsaturated/α-hetero) is 1. The van der Waals surface area contributed by atoms with E-state index < -0.39 is 0 Å². The van der Waals surface area contributed by atoms with Crippen molar-refractivity contribution in [2.24, 2.45) is 45.8 Å². The minimum atomic E-state index is -0.124. The van der Waals surface area contributed by atoms with Crippen LogP contribution in [0.5, 0.6) is 0 Å². The Kier molecular flexibility index (Phi) is 4.96. The van der Waals surface area contributed by atoms with Gasteiger partial charge < -0.3 is 4.74 Å². The normalized spacial score (nSPS) is 49.7. The second-order valence-corrected chi connectivity index (χ2v) is 13.7. The van der Waals surface area contributed by atoms with E-state index >= 15 is 0 Å². The molecule has 0 unspecified atom stereocenters. The average molecular weight is 427 g/mol. The Morgan fingerprint density at radius 3 is 2.19 bits per heavy atom. The molecular formula is C29H46O2. The Morgan fingerprint density at radius 2 is 1.52 bits per heavy atom. The Labute approximate surface area is 191 Å². The molecular weight excluding hydrogens is 380 g/mol. The summed E-state index contributed by atoms with van der Waals surface area (Å²) in [6.07, 6.45) is 12.8. The largest absolute Gasteiger partial charge is 0.367 e. The predicted octanol–water partition coefficient (Wildman–Crippen LogP) is 7.36. The molecule has 0 spiro atoms. The maximum absolute atomic E-state index is 12.8. The van der Waals surface area contributed by atoms with Crippen LogP contribution in [0.4, 0.5) is 0 Å². The van der Waals surface area contributed by atoms with Crippen molar-refractivity contribution >= 4 is 5.78 Å². The van der Waals surface area contributed by atoms with Crippen LogP contribution >= 0.6 is 0 Å². The molecule has 0 aromatic heterocycles. The smallest absolute Gasteiger partial charge is 0.138 e. The Bertz CT molecular complexity index is 778. The first-order chi connectivity index (χ1) is 14.4. The fourth-order valence-corrected chi connectivity index (χ4v) is 9.75. The molecule has 0 aromatic rings. The van der Waals surface area contributed by atoms with Crippen molar-refractivity contribution in [2.75, 3.05) is 0 Å². The van der Waals surface area contributed by atoms with Gasteiger partial charge in [0.25, 0.3) is 0 Å². The van der Waals surface area contributed by atoms with E-state index in [0.29, 0.717) is 28.6 Å². The number of carbonyl (C=O) groups excluding carboxylic acids is 1. The topological polar surface area (TPSA) is 29.6 Å². The van der Waals surface area contributed by atoms with Gasteiger partial charge in [-0.2, -0.15) is 0 Å². The van der Waals surface area contributed by atoms with Crippen molar-refractivity contribution in [3.05, 3.63) is 12.2 Å². The van der Waals surface area contributed by atoms with Crippen molar-refractivity contribution in [3.8, 4) is 0 Å². The molecule has 4 saturated carbocycles. The average Bonchev–Trinajstić information content (AvgIpc) is 3.15. The molecule has 2 heteroatoms. The monoisotopic (exact) mass is 426 g/mol. The van der Waals surface area contributed by atoms with Gasteiger partial charge in [-0.15, -0.1) is 0 Å². The summed E-state index contributed by atoms with van der Waals surface area (Å²) in [5.74, 6) is 4.31. The minimum Gasteiger partial charge on any atom is -0.367 e. The van der Waals surface area contributed by atoms with E-state index in [1.165, 1.54) is 44.1 Å². The zero-order chi connectivity index (χ0) is 22.4. The molecule has 0 amide bonds. The van der Waals surface area contributed by atoms with Crippen LogP contribution in [0.1, 0.15) is 106 Å². The van der Waals surface area contributed by atoms with Crippen LogP contribution in [0.3, 0.4) is 0 Å². The SMILES string of the molecule is C=C(CC[C@@H]1OC1(C)C)[C@H]1CC[C@@]2(C)[C@@H]1CC[C@H]1[C@H]2CC[C@H]2C(C)(C)C(=O)CC[C@]12C. The lowest BCUT2D eigenvalue weighted by Gasteiger charge is -2.64. The quantitative estimate of drug-likeness (QED) is 0.347. The fourth-order valence-electron chi connectivity index (χ4n) is 9.75. The highest BCUT2D eigenvalue weighted by atomic mass is 16.6. The summed E-state index contributed by atoms with van der Waals surface area (Å²) in [6.45, 7) is 18.8. The Balaban J connectivity index is 1.32. The van der Waals surface area contributed by atoms with Crippen molar-refractivity contribution in [3.63, 3.8) is 0 Å². The van der Waals surface area contributed by atoms with Crippen molar-refractivity contribution in [1.82, 2.24) is 0 Å². The molecule has 31 heavy (non-hydrogen) atoms. The van der Waals surface area contributed by atoms with Crippen molar-refractivity contribution in [1.29, 1.82) is 0 Å². The molecule has 5 aliphatic rings. The second kappa shape index (κ2) is 6.94. The molecule has 0 N–H and O–H groups in total. The molecule has 5 fully saturated rings. The molecule has 8 atom stereocenters. The maximum Gasteiger partial charge on any atom is 0.138 e. The number of carbonyl (C=O) groups is 1. The number of fused-ring (bicyclic) bond motifs is 5. The minimum absolute atomic E-state index is 0.103. The maximum atomic E-state index is 12.8. The highest BCUT2D eigenvalue weighted by Crippen LogP contribution is 2.70. The van der Waals surface area contributed by atoms with E-state index in [2.05, 4.69) is 48.1 Å². The molecule has 1 heterocycles. The van der Waals surface area contributed by atoms with Gasteiger partial charge >= 0.3 is 0 Å². The number of ether oxygens (including phenoxy) is 1. The van der Waals surface area contributed by atoms with Crippen LogP contribution in [-0.4, -0.2) is 17.5 Å². The fraction of sp³-hybridized carbons (Fsp3) is 0.897. The number of hydrogen-bond acceptors (Lipinski definition) is 2. The molecule has 0 bridgehead atoms. The lowest BCUT2D eigenvalue weighted by molar-refractivity contribution is -0.167. The first kappa shape index (κ1) is 22.2. The molecule has 4 aliphatic carbocycles. The summed E-state index contributed by atoms with van der Waals surface area (Å²) in [7, 11) is 0. The summed E-state index contributed by atoms with van der Waals surface area (Å²) < 4.78 is 5.84. The van der Waals surface area contributed by atoms with Crippen LogP contribution in [-0.2, 0) is 9.53 Å². The van der Waals surface area contributed by atoms with Gasteiger partial charge in [0.05, 0.1) is 11.7 Å². The van der Waals surface area contributed by atoms with Crippen molar-refractivity contribution < 1.29 is 9.53 Å². The van der Waals surface area contributed by atoms with Gasteiger partial charge in [-0.05, 0) is 112 Å². The predicted molar refractivity (Wildman–Crippen MR) is 127 cm³/mol. The zero-order valence-electron chi connectivity index (χ0n) is 21.1. The summed E-state index contributed by atoms with van der Waals surface area (Å²) in [5.41, 5.74) is 2.33. The Morgan fingerprint density at radius 1 is 0.903 bits per heavy atom. The van der Waals surface area contributed by atoms with Gasteiger partial charge in [-0.25, -0.2) is 0 Å². The van der Waals surface area contributed by atoms with E-state index in [4.69, 9.17) is 4.74 Å². The standard InChI is InChI=1S/C29H46O2/c1-18(8-13-25-27(4,5)31-25)19-14-16-28(6)20(19)9-10-22-21(28)11-12-23-26(2,3)24(30)15-17-29(22,23)7/h19-23,25H,1,8-17H2,2-7H3/t19-,20-,21-,22+,23+,25+,28+,29-/m1/s1. The third kappa shape index (κ3) is 3.17. The molecule has 174 valence electrons.